The summed E-state index contributed by atoms with van der Waals surface area (Å²) in [7, 11) is 2.03. The van der Waals surface area contributed by atoms with E-state index in [1.54, 1.807) is 6.26 Å². The molecule has 1 aromatic carbocycles. The van der Waals surface area contributed by atoms with Crippen LogP contribution in [0.1, 0.15) is 11.3 Å². The summed E-state index contributed by atoms with van der Waals surface area (Å²) in [6.07, 6.45) is 1.69. The molecule has 1 aromatic heterocycles. The van der Waals surface area contributed by atoms with Gasteiger partial charge in [-0.25, -0.2) is 0 Å². The Morgan fingerprint density at radius 3 is 2.76 bits per heavy atom. The zero-order valence-corrected chi connectivity index (χ0v) is 11.3. The van der Waals surface area contributed by atoms with Crippen LogP contribution in [0.3, 0.4) is 0 Å². The van der Waals surface area contributed by atoms with Crippen LogP contribution in [0.5, 0.6) is 0 Å². The van der Waals surface area contributed by atoms with Crippen molar-refractivity contribution >= 4 is 21.6 Å². The van der Waals surface area contributed by atoms with Gasteiger partial charge in [-0.15, -0.1) is 0 Å². The lowest BCUT2D eigenvalue weighted by Gasteiger charge is -2.19. The lowest BCUT2D eigenvalue weighted by molar-refractivity contribution is 0.507. The summed E-state index contributed by atoms with van der Waals surface area (Å²) in [4.78, 5) is 2.13. The molecule has 0 aliphatic rings. The van der Waals surface area contributed by atoms with E-state index >= 15 is 0 Å². The molecule has 0 amide bonds. The molecule has 2 N–H and O–H groups in total. The number of nitrogens with zero attached hydrogens (tertiary/aromatic N) is 1. The SMILES string of the molecule is CN(Cc1ccco1)c1ccc(CN)c(Br)c1. The van der Waals surface area contributed by atoms with E-state index in [2.05, 4.69) is 33.0 Å². The Hall–Kier alpha value is -1.26. The predicted molar refractivity (Wildman–Crippen MR) is 72.8 cm³/mol. The average Bonchev–Trinajstić information content (AvgIpc) is 2.81. The molecule has 17 heavy (non-hydrogen) atoms. The summed E-state index contributed by atoms with van der Waals surface area (Å²) >= 11 is 3.52. The van der Waals surface area contributed by atoms with E-state index in [0.717, 1.165) is 28.0 Å². The summed E-state index contributed by atoms with van der Waals surface area (Å²) in [5.74, 6) is 0.950. The Kier molecular flexibility index (Phi) is 3.86. The molecular weight excluding hydrogens is 280 g/mol. The molecule has 0 aliphatic carbocycles. The maximum absolute atomic E-state index is 5.63. The molecule has 0 bridgehead atoms. The van der Waals surface area contributed by atoms with Crippen molar-refractivity contribution in [3.63, 3.8) is 0 Å². The lowest BCUT2D eigenvalue weighted by atomic mass is 10.2. The van der Waals surface area contributed by atoms with Crippen LogP contribution >= 0.6 is 15.9 Å². The van der Waals surface area contributed by atoms with Gasteiger partial charge in [0.2, 0.25) is 0 Å². The summed E-state index contributed by atoms with van der Waals surface area (Å²) in [5.41, 5.74) is 7.87. The second-order valence-corrected chi connectivity index (χ2v) is 4.77. The first-order valence-electron chi connectivity index (χ1n) is 5.42. The van der Waals surface area contributed by atoms with Crippen LogP contribution in [0.2, 0.25) is 0 Å². The van der Waals surface area contributed by atoms with Crippen molar-refractivity contribution in [2.75, 3.05) is 11.9 Å². The van der Waals surface area contributed by atoms with Gasteiger partial charge in [-0.05, 0) is 29.8 Å². The molecule has 2 rings (SSSR count). The summed E-state index contributed by atoms with van der Waals surface area (Å²) in [5, 5.41) is 0. The third-order valence-electron chi connectivity index (χ3n) is 2.67. The first-order valence-corrected chi connectivity index (χ1v) is 6.22. The second-order valence-electron chi connectivity index (χ2n) is 3.92. The molecule has 3 nitrogen and oxygen atoms in total. The van der Waals surface area contributed by atoms with Gasteiger partial charge in [0.15, 0.2) is 0 Å². The van der Waals surface area contributed by atoms with E-state index in [-0.39, 0.29) is 0 Å². The predicted octanol–water partition coefficient (Wildman–Crippen LogP) is 3.14. The van der Waals surface area contributed by atoms with E-state index in [0.29, 0.717) is 6.54 Å². The number of hydrogen-bond donors (Lipinski definition) is 1. The van der Waals surface area contributed by atoms with Gasteiger partial charge in [0.05, 0.1) is 12.8 Å². The van der Waals surface area contributed by atoms with Crippen molar-refractivity contribution in [3.05, 3.63) is 52.4 Å². The zero-order chi connectivity index (χ0) is 12.3. The molecule has 90 valence electrons. The normalized spacial score (nSPS) is 10.5. The van der Waals surface area contributed by atoms with Gasteiger partial charge >= 0.3 is 0 Å². The van der Waals surface area contributed by atoms with Crippen molar-refractivity contribution in [1.29, 1.82) is 0 Å². The van der Waals surface area contributed by atoms with Crippen LogP contribution in [0.15, 0.2) is 45.5 Å². The highest BCUT2D eigenvalue weighted by molar-refractivity contribution is 9.10. The highest BCUT2D eigenvalue weighted by Crippen LogP contribution is 2.24. The Labute approximate surface area is 109 Å². The molecule has 1 heterocycles. The summed E-state index contributed by atoms with van der Waals surface area (Å²) in [6.45, 7) is 1.30. The smallest absolute Gasteiger partial charge is 0.123 e. The molecule has 0 saturated carbocycles. The quantitative estimate of drug-likeness (QED) is 0.942. The van der Waals surface area contributed by atoms with Crippen LogP contribution in [0, 0.1) is 0 Å². The highest BCUT2D eigenvalue weighted by atomic mass is 79.9. The van der Waals surface area contributed by atoms with Crippen LogP contribution < -0.4 is 10.6 Å². The molecule has 0 saturated heterocycles. The van der Waals surface area contributed by atoms with E-state index < -0.39 is 0 Å². The number of furan rings is 1. The number of benzene rings is 1. The monoisotopic (exact) mass is 294 g/mol. The fourth-order valence-electron chi connectivity index (χ4n) is 1.67. The number of hydrogen-bond acceptors (Lipinski definition) is 3. The number of nitrogens with two attached hydrogens (primary N) is 1. The second kappa shape index (κ2) is 5.38. The van der Waals surface area contributed by atoms with Crippen molar-refractivity contribution in [3.8, 4) is 0 Å². The minimum Gasteiger partial charge on any atom is -0.467 e. The third-order valence-corrected chi connectivity index (χ3v) is 3.41. The van der Waals surface area contributed by atoms with E-state index in [1.807, 2.05) is 25.2 Å². The molecule has 0 spiro atoms. The van der Waals surface area contributed by atoms with Crippen molar-refractivity contribution in [2.45, 2.75) is 13.1 Å². The van der Waals surface area contributed by atoms with E-state index in [9.17, 15) is 0 Å². The van der Waals surface area contributed by atoms with Crippen LogP contribution in [-0.4, -0.2) is 7.05 Å². The van der Waals surface area contributed by atoms with Gasteiger partial charge in [-0.2, -0.15) is 0 Å². The lowest BCUT2D eigenvalue weighted by Crippen LogP contribution is -2.16. The third kappa shape index (κ3) is 2.90. The minimum atomic E-state index is 0.544. The maximum atomic E-state index is 5.63. The van der Waals surface area contributed by atoms with Gasteiger partial charge < -0.3 is 15.1 Å². The minimum absolute atomic E-state index is 0.544. The number of halogens is 1. The maximum Gasteiger partial charge on any atom is 0.123 e. The Morgan fingerprint density at radius 2 is 2.18 bits per heavy atom. The van der Waals surface area contributed by atoms with Gasteiger partial charge in [0, 0.05) is 23.8 Å². The van der Waals surface area contributed by atoms with Crippen molar-refractivity contribution < 1.29 is 4.42 Å². The molecule has 0 unspecified atom stereocenters. The standard InChI is InChI=1S/C13H15BrN2O/c1-16(9-12-3-2-6-17-12)11-5-4-10(8-15)13(14)7-11/h2-7H,8-9,15H2,1H3. The van der Waals surface area contributed by atoms with Gasteiger partial charge in [-0.3, -0.25) is 0 Å². The Bertz CT molecular complexity index is 482. The van der Waals surface area contributed by atoms with E-state index in [4.69, 9.17) is 10.2 Å². The van der Waals surface area contributed by atoms with Gasteiger partial charge in [0.1, 0.15) is 5.76 Å². The molecule has 0 atom stereocenters. The molecular formula is C13H15BrN2O. The topological polar surface area (TPSA) is 42.4 Å². The van der Waals surface area contributed by atoms with Crippen LogP contribution in [0.25, 0.3) is 0 Å². The largest absolute Gasteiger partial charge is 0.467 e. The molecule has 0 radical (unpaired) electrons. The number of rotatable bonds is 4. The van der Waals surface area contributed by atoms with Crippen molar-refractivity contribution in [1.82, 2.24) is 0 Å². The van der Waals surface area contributed by atoms with Gasteiger partial charge in [0.25, 0.3) is 0 Å². The summed E-state index contributed by atoms with van der Waals surface area (Å²) < 4.78 is 6.37. The molecule has 4 heteroatoms. The fourth-order valence-corrected chi connectivity index (χ4v) is 2.20. The molecule has 0 fully saturated rings. The van der Waals surface area contributed by atoms with Crippen LogP contribution in [-0.2, 0) is 13.1 Å². The molecule has 0 aliphatic heterocycles. The Morgan fingerprint density at radius 1 is 1.35 bits per heavy atom. The average molecular weight is 295 g/mol. The van der Waals surface area contributed by atoms with Gasteiger partial charge in [-0.1, -0.05) is 22.0 Å². The highest BCUT2D eigenvalue weighted by Gasteiger charge is 2.06. The Balaban J connectivity index is 2.14. The summed E-state index contributed by atoms with van der Waals surface area (Å²) in [6, 6.07) is 10.1. The number of anilines is 1. The fraction of sp³-hybridized carbons (Fsp3) is 0.231. The molecule has 2 aromatic rings. The first-order chi connectivity index (χ1) is 8.20. The van der Waals surface area contributed by atoms with Crippen molar-refractivity contribution in [2.24, 2.45) is 5.73 Å². The zero-order valence-electron chi connectivity index (χ0n) is 9.69. The van der Waals surface area contributed by atoms with E-state index in [1.165, 1.54) is 0 Å². The first kappa shape index (κ1) is 12.2. The van der Waals surface area contributed by atoms with Crippen LogP contribution in [0.4, 0.5) is 5.69 Å².